The average Bonchev–Trinajstić information content (AvgIpc) is 2.66. The SMILES string of the molecule is CC(CC1CC1)Nc1nccs1. The van der Waals surface area contributed by atoms with Crippen LogP contribution >= 0.6 is 11.3 Å². The molecular weight excluding hydrogens is 168 g/mol. The van der Waals surface area contributed by atoms with Crippen molar-refractivity contribution in [1.29, 1.82) is 0 Å². The van der Waals surface area contributed by atoms with Crippen molar-refractivity contribution in [1.82, 2.24) is 4.98 Å². The molecule has 1 heterocycles. The van der Waals surface area contributed by atoms with Gasteiger partial charge in [-0.05, 0) is 19.3 Å². The van der Waals surface area contributed by atoms with Gasteiger partial charge in [0.25, 0.3) is 0 Å². The summed E-state index contributed by atoms with van der Waals surface area (Å²) in [6.07, 6.45) is 6.02. The van der Waals surface area contributed by atoms with E-state index in [0.717, 1.165) is 11.0 Å². The van der Waals surface area contributed by atoms with Gasteiger partial charge in [-0.3, -0.25) is 0 Å². The maximum Gasteiger partial charge on any atom is 0.182 e. The van der Waals surface area contributed by atoms with Crippen molar-refractivity contribution in [2.45, 2.75) is 32.2 Å². The summed E-state index contributed by atoms with van der Waals surface area (Å²) >= 11 is 1.68. The van der Waals surface area contributed by atoms with E-state index in [2.05, 4.69) is 17.2 Å². The van der Waals surface area contributed by atoms with Gasteiger partial charge in [-0.2, -0.15) is 0 Å². The summed E-state index contributed by atoms with van der Waals surface area (Å²) in [6.45, 7) is 2.24. The molecule has 0 saturated heterocycles. The molecule has 0 aromatic carbocycles. The van der Waals surface area contributed by atoms with Crippen LogP contribution in [-0.4, -0.2) is 11.0 Å². The Bertz CT molecular complexity index is 229. The fourth-order valence-electron chi connectivity index (χ4n) is 1.42. The molecule has 1 aromatic rings. The van der Waals surface area contributed by atoms with E-state index in [9.17, 15) is 0 Å². The van der Waals surface area contributed by atoms with Crippen molar-refractivity contribution in [3.05, 3.63) is 11.6 Å². The third-order valence-corrected chi connectivity index (χ3v) is 2.89. The van der Waals surface area contributed by atoms with Gasteiger partial charge in [0.15, 0.2) is 5.13 Å². The number of rotatable bonds is 4. The third kappa shape index (κ3) is 2.21. The highest BCUT2D eigenvalue weighted by molar-refractivity contribution is 7.13. The molecule has 1 unspecified atom stereocenters. The topological polar surface area (TPSA) is 24.9 Å². The molecule has 1 fully saturated rings. The lowest BCUT2D eigenvalue weighted by molar-refractivity contribution is 0.642. The summed E-state index contributed by atoms with van der Waals surface area (Å²) < 4.78 is 0. The third-order valence-electron chi connectivity index (χ3n) is 2.19. The van der Waals surface area contributed by atoms with E-state index in [4.69, 9.17) is 0 Å². The van der Waals surface area contributed by atoms with Gasteiger partial charge in [0.2, 0.25) is 0 Å². The monoisotopic (exact) mass is 182 g/mol. The lowest BCUT2D eigenvalue weighted by Crippen LogP contribution is -2.15. The van der Waals surface area contributed by atoms with Crippen LogP contribution in [0.15, 0.2) is 11.6 Å². The number of hydrogen-bond donors (Lipinski definition) is 1. The van der Waals surface area contributed by atoms with Gasteiger partial charge in [0.05, 0.1) is 0 Å². The van der Waals surface area contributed by atoms with Crippen LogP contribution in [0, 0.1) is 5.92 Å². The molecule has 0 spiro atoms. The second kappa shape index (κ2) is 3.44. The van der Waals surface area contributed by atoms with Gasteiger partial charge in [0, 0.05) is 17.6 Å². The maximum absolute atomic E-state index is 4.19. The Morgan fingerprint density at radius 2 is 2.58 bits per heavy atom. The van der Waals surface area contributed by atoms with Crippen LogP contribution in [0.25, 0.3) is 0 Å². The van der Waals surface area contributed by atoms with Crippen LogP contribution in [0.5, 0.6) is 0 Å². The summed E-state index contributed by atoms with van der Waals surface area (Å²) in [5.41, 5.74) is 0. The molecule has 1 saturated carbocycles. The van der Waals surface area contributed by atoms with E-state index in [-0.39, 0.29) is 0 Å². The van der Waals surface area contributed by atoms with Crippen LogP contribution in [-0.2, 0) is 0 Å². The Morgan fingerprint density at radius 3 is 3.17 bits per heavy atom. The zero-order chi connectivity index (χ0) is 8.39. The normalized spacial score (nSPS) is 19.1. The van der Waals surface area contributed by atoms with Crippen LogP contribution in [0.4, 0.5) is 5.13 Å². The van der Waals surface area contributed by atoms with E-state index in [1.807, 2.05) is 11.6 Å². The Labute approximate surface area is 77.0 Å². The lowest BCUT2D eigenvalue weighted by Gasteiger charge is -2.11. The Morgan fingerprint density at radius 1 is 1.75 bits per heavy atom. The summed E-state index contributed by atoms with van der Waals surface area (Å²) in [4.78, 5) is 4.19. The number of nitrogens with zero attached hydrogens (tertiary/aromatic N) is 1. The Kier molecular flexibility index (Phi) is 2.30. The largest absolute Gasteiger partial charge is 0.359 e. The number of anilines is 1. The maximum atomic E-state index is 4.19. The van der Waals surface area contributed by atoms with Crippen molar-refractivity contribution in [2.24, 2.45) is 5.92 Å². The Balaban J connectivity index is 1.77. The highest BCUT2D eigenvalue weighted by atomic mass is 32.1. The fraction of sp³-hybridized carbons (Fsp3) is 0.667. The van der Waals surface area contributed by atoms with Gasteiger partial charge in [-0.1, -0.05) is 12.8 Å². The molecule has 1 aromatic heterocycles. The van der Waals surface area contributed by atoms with E-state index < -0.39 is 0 Å². The molecule has 0 radical (unpaired) electrons. The predicted molar refractivity (Wildman–Crippen MR) is 52.5 cm³/mol. The van der Waals surface area contributed by atoms with Gasteiger partial charge >= 0.3 is 0 Å². The van der Waals surface area contributed by atoms with Crippen molar-refractivity contribution < 1.29 is 0 Å². The summed E-state index contributed by atoms with van der Waals surface area (Å²) in [7, 11) is 0. The number of nitrogens with one attached hydrogen (secondary N) is 1. The summed E-state index contributed by atoms with van der Waals surface area (Å²) in [5, 5.41) is 6.47. The molecule has 1 N–H and O–H groups in total. The minimum atomic E-state index is 0.587. The minimum absolute atomic E-state index is 0.587. The van der Waals surface area contributed by atoms with E-state index in [1.165, 1.54) is 19.3 Å². The molecule has 12 heavy (non-hydrogen) atoms. The summed E-state index contributed by atoms with van der Waals surface area (Å²) in [6, 6.07) is 0.587. The zero-order valence-corrected chi connectivity index (χ0v) is 8.10. The van der Waals surface area contributed by atoms with Gasteiger partial charge in [-0.25, -0.2) is 4.98 Å². The molecule has 2 nitrogen and oxygen atoms in total. The molecule has 0 aliphatic heterocycles. The molecule has 1 aliphatic rings. The van der Waals surface area contributed by atoms with E-state index in [0.29, 0.717) is 6.04 Å². The summed E-state index contributed by atoms with van der Waals surface area (Å²) in [5.74, 6) is 0.993. The number of aromatic nitrogens is 1. The highest BCUT2D eigenvalue weighted by Crippen LogP contribution is 2.34. The number of hydrogen-bond acceptors (Lipinski definition) is 3. The first-order chi connectivity index (χ1) is 5.84. The molecule has 0 bridgehead atoms. The van der Waals surface area contributed by atoms with Crippen LogP contribution < -0.4 is 5.32 Å². The van der Waals surface area contributed by atoms with Gasteiger partial charge in [-0.15, -0.1) is 11.3 Å². The molecule has 66 valence electrons. The van der Waals surface area contributed by atoms with Crippen molar-refractivity contribution in [2.75, 3.05) is 5.32 Å². The quantitative estimate of drug-likeness (QED) is 0.774. The first-order valence-corrected chi connectivity index (χ1v) is 5.38. The lowest BCUT2D eigenvalue weighted by atomic mass is 10.2. The van der Waals surface area contributed by atoms with Crippen molar-refractivity contribution >= 4 is 16.5 Å². The molecule has 2 rings (SSSR count). The smallest absolute Gasteiger partial charge is 0.182 e. The fourth-order valence-corrected chi connectivity index (χ4v) is 2.06. The van der Waals surface area contributed by atoms with Crippen molar-refractivity contribution in [3.63, 3.8) is 0 Å². The standard InChI is InChI=1S/C9H14N2S/c1-7(6-8-2-3-8)11-9-10-4-5-12-9/h4-5,7-8H,2-3,6H2,1H3,(H,10,11). The molecule has 1 aliphatic carbocycles. The molecule has 0 amide bonds. The predicted octanol–water partition coefficient (Wildman–Crippen LogP) is 2.74. The average molecular weight is 182 g/mol. The zero-order valence-electron chi connectivity index (χ0n) is 7.29. The first kappa shape index (κ1) is 8.05. The van der Waals surface area contributed by atoms with E-state index >= 15 is 0 Å². The molecule has 1 atom stereocenters. The Hall–Kier alpha value is -0.570. The van der Waals surface area contributed by atoms with Crippen LogP contribution in [0.1, 0.15) is 26.2 Å². The second-order valence-corrected chi connectivity index (χ2v) is 4.46. The van der Waals surface area contributed by atoms with E-state index in [1.54, 1.807) is 11.3 Å². The second-order valence-electron chi connectivity index (χ2n) is 3.56. The van der Waals surface area contributed by atoms with Crippen molar-refractivity contribution in [3.8, 4) is 0 Å². The minimum Gasteiger partial charge on any atom is -0.359 e. The van der Waals surface area contributed by atoms with Crippen LogP contribution in [0.3, 0.4) is 0 Å². The van der Waals surface area contributed by atoms with Crippen LogP contribution in [0.2, 0.25) is 0 Å². The highest BCUT2D eigenvalue weighted by Gasteiger charge is 2.23. The van der Waals surface area contributed by atoms with Gasteiger partial charge in [0.1, 0.15) is 0 Å². The van der Waals surface area contributed by atoms with Gasteiger partial charge < -0.3 is 5.32 Å². The molecular formula is C9H14N2S. The molecule has 3 heteroatoms. The number of thiazole rings is 1. The first-order valence-electron chi connectivity index (χ1n) is 4.50.